The highest BCUT2D eigenvalue weighted by molar-refractivity contribution is 5.87. The molecule has 7 nitrogen and oxygen atoms in total. The molecule has 0 saturated carbocycles. The van der Waals surface area contributed by atoms with Crippen molar-refractivity contribution in [2.45, 2.75) is 84.2 Å². The molecule has 0 bridgehead atoms. The fourth-order valence-corrected chi connectivity index (χ4v) is 5.07. The van der Waals surface area contributed by atoms with Crippen molar-refractivity contribution in [1.82, 2.24) is 9.80 Å². The van der Waals surface area contributed by atoms with Gasteiger partial charge in [0.1, 0.15) is 5.75 Å². The smallest absolute Gasteiger partial charge is 0.338 e. The minimum absolute atomic E-state index is 0.0166. The van der Waals surface area contributed by atoms with Crippen LogP contribution in [0.15, 0.2) is 24.3 Å². The van der Waals surface area contributed by atoms with Crippen LogP contribution in [0.1, 0.15) is 65.4 Å². The molecule has 7 heteroatoms. The van der Waals surface area contributed by atoms with Gasteiger partial charge in [-0.2, -0.15) is 0 Å². The molecule has 2 fully saturated rings. The van der Waals surface area contributed by atoms with E-state index in [1.54, 1.807) is 13.8 Å². The molecule has 2 saturated heterocycles. The van der Waals surface area contributed by atoms with E-state index in [1.807, 2.05) is 24.0 Å². The Bertz CT molecular complexity index is 802. The van der Waals surface area contributed by atoms with Crippen LogP contribution in [0.5, 0.6) is 5.75 Å². The summed E-state index contributed by atoms with van der Waals surface area (Å²) in [6.45, 7) is 10.8. The summed E-state index contributed by atoms with van der Waals surface area (Å²) in [5, 5.41) is 0. The van der Waals surface area contributed by atoms with Gasteiger partial charge >= 0.3 is 5.97 Å². The van der Waals surface area contributed by atoms with Gasteiger partial charge in [0.15, 0.2) is 6.10 Å². The van der Waals surface area contributed by atoms with E-state index in [9.17, 15) is 9.59 Å². The van der Waals surface area contributed by atoms with Gasteiger partial charge in [-0.25, -0.2) is 4.79 Å². The number of carbonyl (C=O) groups excluding carboxylic acids is 2. The van der Waals surface area contributed by atoms with Gasteiger partial charge < -0.3 is 24.0 Å². The summed E-state index contributed by atoms with van der Waals surface area (Å²) < 4.78 is 16.8. The Morgan fingerprint density at radius 2 is 1.88 bits per heavy atom. The third-order valence-corrected chi connectivity index (χ3v) is 6.86. The summed E-state index contributed by atoms with van der Waals surface area (Å²) in [6, 6.07) is 8.57. The van der Waals surface area contributed by atoms with E-state index in [-0.39, 0.29) is 5.91 Å². The third kappa shape index (κ3) is 6.95. The Balaban J connectivity index is 1.63. The quantitative estimate of drug-likeness (QED) is 0.451. The van der Waals surface area contributed by atoms with Crippen molar-refractivity contribution in [2.75, 3.05) is 33.3 Å². The Kier molecular flexibility index (Phi) is 9.37. The van der Waals surface area contributed by atoms with Gasteiger partial charge in [-0.05, 0) is 76.7 Å². The van der Waals surface area contributed by atoms with Crippen LogP contribution in [0.4, 0.5) is 0 Å². The zero-order valence-corrected chi connectivity index (χ0v) is 21.5. The SMILES string of the molecule is CCCN(C)C1CCN(C(=O)[C@H](CCCc2ccc(OCC)cc2)[C@@H]2OC(C)(C)OC2=O)CC1. The number of piperidine rings is 1. The molecule has 3 rings (SSSR count). The zero-order chi connectivity index (χ0) is 24.7. The number of aryl methyl sites for hydroxylation is 1. The Labute approximate surface area is 204 Å². The molecule has 0 N–H and O–H groups in total. The molecule has 1 aromatic carbocycles. The van der Waals surface area contributed by atoms with E-state index in [0.29, 0.717) is 19.1 Å². The molecule has 2 atom stereocenters. The number of likely N-dealkylation sites (tertiary alicyclic amines) is 1. The Morgan fingerprint density at radius 3 is 2.44 bits per heavy atom. The second kappa shape index (κ2) is 12.0. The normalized spacial score (nSPS) is 21.5. The monoisotopic (exact) mass is 474 g/mol. The number of hydrogen-bond donors (Lipinski definition) is 0. The minimum Gasteiger partial charge on any atom is -0.494 e. The lowest BCUT2D eigenvalue weighted by Crippen LogP contribution is -2.49. The first-order valence-corrected chi connectivity index (χ1v) is 12.9. The van der Waals surface area contributed by atoms with Gasteiger partial charge in [-0.1, -0.05) is 19.1 Å². The number of carbonyl (C=O) groups is 2. The zero-order valence-electron chi connectivity index (χ0n) is 21.5. The largest absolute Gasteiger partial charge is 0.494 e. The van der Waals surface area contributed by atoms with Crippen molar-refractivity contribution < 1.29 is 23.8 Å². The summed E-state index contributed by atoms with van der Waals surface area (Å²) in [4.78, 5) is 30.6. The first kappa shape index (κ1) is 26.5. The van der Waals surface area contributed by atoms with Crippen molar-refractivity contribution in [3.05, 3.63) is 29.8 Å². The summed E-state index contributed by atoms with van der Waals surface area (Å²) >= 11 is 0. The maximum Gasteiger partial charge on any atom is 0.338 e. The van der Waals surface area contributed by atoms with Gasteiger partial charge in [0.25, 0.3) is 0 Å². The van der Waals surface area contributed by atoms with Crippen LogP contribution in [0, 0.1) is 5.92 Å². The number of rotatable bonds is 11. The number of hydrogen-bond acceptors (Lipinski definition) is 6. The molecule has 0 spiro atoms. The molecule has 190 valence electrons. The van der Waals surface area contributed by atoms with Crippen LogP contribution in [0.25, 0.3) is 0 Å². The minimum atomic E-state index is -0.995. The maximum atomic E-state index is 13.6. The Morgan fingerprint density at radius 1 is 1.21 bits per heavy atom. The van der Waals surface area contributed by atoms with E-state index in [0.717, 1.165) is 57.5 Å². The van der Waals surface area contributed by atoms with Gasteiger partial charge in [0.2, 0.25) is 11.7 Å². The number of esters is 1. The molecule has 0 radical (unpaired) electrons. The number of ether oxygens (including phenoxy) is 3. The van der Waals surface area contributed by atoms with E-state index in [1.165, 1.54) is 5.56 Å². The molecule has 2 heterocycles. The fourth-order valence-electron chi connectivity index (χ4n) is 5.07. The van der Waals surface area contributed by atoms with Gasteiger partial charge in [-0.3, -0.25) is 4.79 Å². The molecule has 0 aliphatic carbocycles. The summed E-state index contributed by atoms with van der Waals surface area (Å²) in [5.41, 5.74) is 1.18. The molecule has 1 amide bonds. The number of nitrogens with zero attached hydrogens (tertiary/aromatic N) is 2. The van der Waals surface area contributed by atoms with Gasteiger partial charge in [0, 0.05) is 33.0 Å². The number of amides is 1. The molecule has 1 aromatic rings. The van der Waals surface area contributed by atoms with E-state index in [4.69, 9.17) is 14.2 Å². The summed E-state index contributed by atoms with van der Waals surface area (Å²) in [6.07, 6.45) is 4.40. The number of cyclic esters (lactones) is 1. The number of benzene rings is 1. The lowest BCUT2D eigenvalue weighted by molar-refractivity contribution is -0.163. The van der Waals surface area contributed by atoms with Crippen LogP contribution >= 0.6 is 0 Å². The highest BCUT2D eigenvalue weighted by atomic mass is 16.8. The lowest BCUT2D eigenvalue weighted by atomic mass is 9.91. The van der Waals surface area contributed by atoms with Gasteiger partial charge in [0.05, 0.1) is 12.5 Å². The summed E-state index contributed by atoms with van der Waals surface area (Å²) in [5.74, 6) is -1.07. The molecule has 34 heavy (non-hydrogen) atoms. The summed E-state index contributed by atoms with van der Waals surface area (Å²) in [7, 11) is 2.17. The molecule has 0 unspecified atom stereocenters. The maximum absolute atomic E-state index is 13.6. The Hall–Kier alpha value is -2.12. The van der Waals surface area contributed by atoms with Crippen LogP contribution < -0.4 is 4.74 Å². The van der Waals surface area contributed by atoms with Crippen molar-refractivity contribution in [3.63, 3.8) is 0 Å². The molecule has 2 aliphatic heterocycles. The van der Waals surface area contributed by atoms with Crippen LogP contribution in [0.3, 0.4) is 0 Å². The van der Waals surface area contributed by atoms with Crippen molar-refractivity contribution in [3.8, 4) is 5.75 Å². The van der Waals surface area contributed by atoms with Gasteiger partial charge in [-0.15, -0.1) is 0 Å². The van der Waals surface area contributed by atoms with Crippen molar-refractivity contribution in [1.29, 1.82) is 0 Å². The van der Waals surface area contributed by atoms with Crippen LogP contribution in [0.2, 0.25) is 0 Å². The van der Waals surface area contributed by atoms with E-state index < -0.39 is 23.8 Å². The second-order valence-corrected chi connectivity index (χ2v) is 9.97. The average molecular weight is 475 g/mol. The molecule has 2 aliphatic rings. The van der Waals surface area contributed by atoms with Crippen LogP contribution in [-0.4, -0.2) is 72.9 Å². The third-order valence-electron chi connectivity index (χ3n) is 6.86. The van der Waals surface area contributed by atoms with Crippen molar-refractivity contribution in [2.24, 2.45) is 5.92 Å². The van der Waals surface area contributed by atoms with Crippen molar-refractivity contribution >= 4 is 11.9 Å². The standard InChI is InChI=1S/C27H42N2O5/c1-6-17-28(5)21-15-18-29(19-16-21)25(30)23(24-26(31)34-27(3,4)33-24)10-8-9-20-11-13-22(14-12-20)32-7-2/h11-14,21,23-24H,6-10,15-19H2,1-5H3/t23-,24+/m1/s1. The lowest BCUT2D eigenvalue weighted by Gasteiger charge is -2.38. The average Bonchev–Trinajstić information content (AvgIpc) is 3.09. The van der Waals surface area contributed by atoms with E-state index >= 15 is 0 Å². The first-order valence-electron chi connectivity index (χ1n) is 12.9. The molecular weight excluding hydrogens is 432 g/mol. The van der Waals surface area contributed by atoms with E-state index in [2.05, 4.69) is 31.0 Å². The highest BCUT2D eigenvalue weighted by Crippen LogP contribution is 2.32. The predicted molar refractivity (Wildman–Crippen MR) is 132 cm³/mol. The topological polar surface area (TPSA) is 68.3 Å². The predicted octanol–water partition coefficient (Wildman–Crippen LogP) is 4.04. The van der Waals surface area contributed by atoms with Crippen LogP contribution in [-0.2, 0) is 25.5 Å². The fraction of sp³-hybridized carbons (Fsp3) is 0.704. The molecular formula is C27H42N2O5. The first-order chi connectivity index (χ1) is 16.2. The molecule has 0 aromatic heterocycles. The highest BCUT2D eigenvalue weighted by Gasteiger charge is 2.48. The second-order valence-electron chi connectivity index (χ2n) is 9.97.